The molecule has 2 fully saturated rings. The van der Waals surface area contributed by atoms with E-state index in [4.69, 9.17) is 0 Å². The molecule has 0 aromatic rings. The van der Waals surface area contributed by atoms with E-state index in [0.29, 0.717) is 25.4 Å². The van der Waals surface area contributed by atoms with Crippen LogP contribution in [0.1, 0.15) is 25.7 Å². The summed E-state index contributed by atoms with van der Waals surface area (Å²) in [4.78, 5) is 16.6. The molecule has 2 aliphatic rings. The monoisotopic (exact) mass is 255 g/mol. The Morgan fingerprint density at radius 1 is 1.33 bits per heavy atom. The quantitative estimate of drug-likeness (QED) is 0.724. The molecule has 1 heterocycles. The fraction of sp³-hybridized carbons (Fsp3) is 0.923. The molecule has 2 N–H and O–H groups in total. The third kappa shape index (κ3) is 3.02. The van der Waals surface area contributed by atoms with Crippen LogP contribution < -0.4 is 5.32 Å². The van der Waals surface area contributed by atoms with Crippen molar-refractivity contribution in [3.05, 3.63) is 0 Å². The van der Waals surface area contributed by atoms with Crippen LogP contribution in [0.15, 0.2) is 0 Å². The summed E-state index contributed by atoms with van der Waals surface area (Å²) < 4.78 is 0. The summed E-state index contributed by atoms with van der Waals surface area (Å²) in [6, 6.07) is 0.345. The number of nitrogens with one attached hydrogen (secondary N) is 1. The molecular formula is C13H25N3O2. The molecule has 18 heavy (non-hydrogen) atoms. The topological polar surface area (TPSA) is 55.8 Å². The summed E-state index contributed by atoms with van der Waals surface area (Å²) in [6.45, 7) is 3.70. The molecular weight excluding hydrogens is 230 g/mol. The van der Waals surface area contributed by atoms with Crippen molar-refractivity contribution in [2.24, 2.45) is 0 Å². The minimum Gasteiger partial charge on any atom is -0.380 e. The third-order valence-corrected chi connectivity index (χ3v) is 4.33. The average molecular weight is 255 g/mol. The maximum absolute atomic E-state index is 12.0. The zero-order valence-electron chi connectivity index (χ0n) is 11.5. The molecule has 5 heteroatoms. The number of nitrogens with zero attached hydrogens (tertiary/aromatic N) is 2. The van der Waals surface area contributed by atoms with Crippen LogP contribution in [0.2, 0.25) is 0 Å². The van der Waals surface area contributed by atoms with E-state index in [2.05, 4.69) is 29.2 Å². The molecule has 0 aromatic carbocycles. The molecule has 5 nitrogen and oxygen atoms in total. The van der Waals surface area contributed by atoms with Crippen LogP contribution in [0.25, 0.3) is 0 Å². The van der Waals surface area contributed by atoms with Gasteiger partial charge in [-0.05, 0) is 39.8 Å². The summed E-state index contributed by atoms with van der Waals surface area (Å²) in [5, 5.41) is 13.1. The van der Waals surface area contributed by atoms with Gasteiger partial charge in [-0.3, -0.25) is 9.69 Å². The van der Waals surface area contributed by atoms with Crippen LogP contribution in [0.5, 0.6) is 0 Å². The Hall–Kier alpha value is -0.650. The van der Waals surface area contributed by atoms with Crippen LogP contribution in [-0.2, 0) is 4.79 Å². The van der Waals surface area contributed by atoms with Crippen LogP contribution in [0.4, 0.5) is 0 Å². The fourth-order valence-corrected chi connectivity index (χ4v) is 2.88. The Balaban J connectivity index is 1.81. The Bertz CT molecular complexity index is 303. The zero-order chi connectivity index (χ0) is 13.2. The Morgan fingerprint density at radius 2 is 2.00 bits per heavy atom. The molecule has 1 saturated heterocycles. The lowest BCUT2D eigenvalue weighted by atomic mass is 10.0. The minimum absolute atomic E-state index is 0.179. The predicted molar refractivity (Wildman–Crippen MR) is 70.3 cm³/mol. The highest BCUT2D eigenvalue weighted by Crippen LogP contribution is 2.29. The number of carbonyl (C=O) groups excluding carboxylic acids is 1. The van der Waals surface area contributed by atoms with Gasteiger partial charge >= 0.3 is 0 Å². The number of piperazine rings is 1. The number of rotatable bonds is 3. The van der Waals surface area contributed by atoms with Gasteiger partial charge in [0.1, 0.15) is 5.60 Å². The fourth-order valence-electron chi connectivity index (χ4n) is 2.88. The second-order valence-corrected chi connectivity index (χ2v) is 5.85. The van der Waals surface area contributed by atoms with Gasteiger partial charge in [-0.2, -0.15) is 0 Å². The molecule has 0 aromatic heterocycles. The molecule has 1 aliphatic heterocycles. The molecule has 1 aliphatic carbocycles. The van der Waals surface area contributed by atoms with E-state index in [-0.39, 0.29) is 5.91 Å². The van der Waals surface area contributed by atoms with Crippen LogP contribution in [0, 0.1) is 0 Å². The average Bonchev–Trinajstić information content (AvgIpc) is 2.78. The lowest BCUT2D eigenvalue weighted by molar-refractivity contribution is -0.139. The van der Waals surface area contributed by atoms with E-state index in [9.17, 15) is 9.90 Å². The van der Waals surface area contributed by atoms with Gasteiger partial charge in [0.2, 0.25) is 0 Å². The lowest BCUT2D eigenvalue weighted by Gasteiger charge is -2.38. The molecule has 2 rings (SSSR count). The molecule has 0 bridgehead atoms. The first-order valence-electron chi connectivity index (χ1n) is 6.91. The second-order valence-electron chi connectivity index (χ2n) is 5.85. The summed E-state index contributed by atoms with van der Waals surface area (Å²) in [5.41, 5.74) is -1.10. The van der Waals surface area contributed by atoms with Gasteiger partial charge in [-0.25, -0.2) is 0 Å². The van der Waals surface area contributed by atoms with Crippen molar-refractivity contribution >= 4 is 5.91 Å². The van der Waals surface area contributed by atoms with Crippen molar-refractivity contribution in [2.75, 3.05) is 40.3 Å². The van der Waals surface area contributed by atoms with E-state index in [1.165, 1.54) is 0 Å². The summed E-state index contributed by atoms with van der Waals surface area (Å²) in [5.74, 6) is -0.179. The maximum Gasteiger partial charge on any atom is 0.252 e. The number of carbonyl (C=O) groups is 1. The number of likely N-dealkylation sites (N-methyl/N-ethyl adjacent to an activating group) is 2. The predicted octanol–water partition coefficient (Wildman–Crippen LogP) is -0.346. The van der Waals surface area contributed by atoms with Crippen molar-refractivity contribution in [3.8, 4) is 0 Å². The number of hydrogen-bond donors (Lipinski definition) is 2. The smallest absolute Gasteiger partial charge is 0.252 e. The van der Waals surface area contributed by atoms with Gasteiger partial charge in [0, 0.05) is 32.2 Å². The maximum atomic E-state index is 12.0. The number of aliphatic hydroxyl groups is 1. The largest absolute Gasteiger partial charge is 0.380 e. The SMILES string of the molecule is CN1CCN(C)[C@H](CNC(=O)C2(O)CCCC2)C1. The van der Waals surface area contributed by atoms with E-state index in [0.717, 1.165) is 32.5 Å². The van der Waals surface area contributed by atoms with Crippen molar-refractivity contribution < 1.29 is 9.90 Å². The van der Waals surface area contributed by atoms with Crippen molar-refractivity contribution in [1.29, 1.82) is 0 Å². The van der Waals surface area contributed by atoms with Gasteiger partial charge in [0.25, 0.3) is 5.91 Å². The van der Waals surface area contributed by atoms with Gasteiger partial charge in [-0.15, -0.1) is 0 Å². The van der Waals surface area contributed by atoms with E-state index in [1.807, 2.05) is 0 Å². The van der Waals surface area contributed by atoms with Gasteiger partial charge < -0.3 is 15.3 Å². The number of amides is 1. The van der Waals surface area contributed by atoms with E-state index in [1.54, 1.807) is 0 Å². The summed E-state index contributed by atoms with van der Waals surface area (Å²) >= 11 is 0. The standard InChI is InChI=1S/C13H25N3O2/c1-15-7-8-16(2)11(10-15)9-14-12(17)13(18)5-3-4-6-13/h11,18H,3-10H2,1-2H3,(H,14,17)/t11-/m1/s1. The molecule has 1 amide bonds. The molecule has 0 radical (unpaired) electrons. The summed E-state index contributed by atoms with van der Waals surface area (Å²) in [6.07, 6.45) is 3.13. The van der Waals surface area contributed by atoms with Crippen molar-refractivity contribution in [2.45, 2.75) is 37.3 Å². The van der Waals surface area contributed by atoms with Gasteiger partial charge in [0.05, 0.1) is 0 Å². The minimum atomic E-state index is -1.10. The first-order valence-corrected chi connectivity index (χ1v) is 6.91. The van der Waals surface area contributed by atoms with E-state index >= 15 is 0 Å². The molecule has 0 spiro atoms. The molecule has 1 atom stereocenters. The normalized spacial score (nSPS) is 29.4. The first-order chi connectivity index (χ1) is 8.51. The summed E-state index contributed by atoms with van der Waals surface area (Å²) in [7, 11) is 4.19. The first kappa shape index (κ1) is 13.8. The molecule has 0 unspecified atom stereocenters. The highest BCUT2D eigenvalue weighted by molar-refractivity contribution is 5.85. The van der Waals surface area contributed by atoms with E-state index < -0.39 is 5.60 Å². The Morgan fingerprint density at radius 3 is 2.67 bits per heavy atom. The van der Waals surface area contributed by atoms with Crippen molar-refractivity contribution in [1.82, 2.24) is 15.1 Å². The van der Waals surface area contributed by atoms with Crippen LogP contribution >= 0.6 is 0 Å². The van der Waals surface area contributed by atoms with Gasteiger partial charge in [-0.1, -0.05) is 0 Å². The Labute approximate surface area is 109 Å². The molecule has 1 saturated carbocycles. The Kier molecular flexibility index (Phi) is 4.25. The van der Waals surface area contributed by atoms with Crippen molar-refractivity contribution in [3.63, 3.8) is 0 Å². The molecule has 104 valence electrons. The third-order valence-electron chi connectivity index (χ3n) is 4.33. The highest BCUT2D eigenvalue weighted by atomic mass is 16.3. The lowest BCUT2D eigenvalue weighted by Crippen LogP contribution is -2.56. The zero-order valence-corrected chi connectivity index (χ0v) is 11.5. The van der Waals surface area contributed by atoms with Gasteiger partial charge in [0.15, 0.2) is 0 Å². The second kappa shape index (κ2) is 5.55. The van der Waals surface area contributed by atoms with Crippen LogP contribution in [0.3, 0.4) is 0 Å². The number of hydrogen-bond acceptors (Lipinski definition) is 4. The van der Waals surface area contributed by atoms with Crippen LogP contribution in [-0.4, -0.2) is 72.7 Å². The highest BCUT2D eigenvalue weighted by Gasteiger charge is 2.39.